The van der Waals surface area contributed by atoms with Crippen LogP contribution in [0.1, 0.15) is 0 Å². The molecule has 3 aromatic heterocycles. The number of hydrogen-bond acceptors (Lipinski definition) is 4. The number of rotatable bonds is 5. The van der Waals surface area contributed by atoms with Crippen LogP contribution in [0, 0.1) is 0 Å². The van der Waals surface area contributed by atoms with Crippen LogP contribution >= 0.6 is 34.0 Å². The molecule has 0 atom stereocenters. The van der Waals surface area contributed by atoms with Crippen molar-refractivity contribution in [2.24, 2.45) is 0 Å². The maximum Gasteiger partial charge on any atom is 0.0640 e. The standard InChI is InChI=1S/C48H29NS3/c1-4-16-43-36(11-1)39-25-21-33(29-47(39)51-43)31-9-7-10-35(27-31)49(42-15-8-14-40-37-12-2-6-18-45(37)52-48(40)42)34-23-19-30(20-24-34)32-22-26-46-41(28-32)38-13-3-5-17-44(38)50-46/h1-29H. The predicted octanol–water partition coefficient (Wildman–Crippen LogP) is 15.6. The van der Waals surface area contributed by atoms with Crippen LogP contribution in [-0.2, 0) is 0 Å². The molecular formula is C48H29NS3. The summed E-state index contributed by atoms with van der Waals surface area (Å²) >= 11 is 5.61. The van der Waals surface area contributed by atoms with E-state index in [9.17, 15) is 0 Å². The second kappa shape index (κ2) is 11.9. The molecule has 8 aromatic carbocycles. The molecule has 244 valence electrons. The Kier molecular flexibility index (Phi) is 6.84. The number of hydrogen-bond donors (Lipinski definition) is 0. The Morgan fingerprint density at radius 1 is 0.288 bits per heavy atom. The average Bonchev–Trinajstić information content (AvgIpc) is 3.89. The third-order valence-electron chi connectivity index (χ3n) is 10.3. The normalized spacial score (nSPS) is 11.8. The molecule has 0 saturated heterocycles. The van der Waals surface area contributed by atoms with Gasteiger partial charge in [-0.15, -0.1) is 34.0 Å². The third-order valence-corrected chi connectivity index (χ3v) is 13.8. The summed E-state index contributed by atoms with van der Waals surface area (Å²) < 4.78 is 7.91. The van der Waals surface area contributed by atoms with E-state index in [0.717, 1.165) is 11.4 Å². The van der Waals surface area contributed by atoms with E-state index in [-0.39, 0.29) is 0 Å². The van der Waals surface area contributed by atoms with Gasteiger partial charge in [0, 0.05) is 67.2 Å². The van der Waals surface area contributed by atoms with Crippen molar-refractivity contribution in [3.05, 3.63) is 176 Å². The van der Waals surface area contributed by atoms with Gasteiger partial charge in [0.15, 0.2) is 0 Å². The van der Waals surface area contributed by atoms with E-state index in [2.05, 4.69) is 181 Å². The lowest BCUT2D eigenvalue weighted by Gasteiger charge is -2.27. The zero-order valence-corrected chi connectivity index (χ0v) is 30.4. The fourth-order valence-corrected chi connectivity index (χ4v) is 11.2. The van der Waals surface area contributed by atoms with Crippen LogP contribution in [0.25, 0.3) is 82.8 Å². The molecule has 0 bridgehead atoms. The Hall–Kier alpha value is -5.78. The van der Waals surface area contributed by atoms with Gasteiger partial charge >= 0.3 is 0 Å². The van der Waals surface area contributed by atoms with E-state index in [4.69, 9.17) is 0 Å². The van der Waals surface area contributed by atoms with E-state index >= 15 is 0 Å². The number of benzene rings is 8. The van der Waals surface area contributed by atoms with E-state index in [0.29, 0.717) is 0 Å². The van der Waals surface area contributed by atoms with Gasteiger partial charge in [-0.1, -0.05) is 109 Å². The monoisotopic (exact) mass is 715 g/mol. The summed E-state index contributed by atoms with van der Waals surface area (Å²) in [5.41, 5.74) is 8.34. The second-order valence-corrected chi connectivity index (χ2v) is 16.5. The molecule has 1 nitrogen and oxygen atoms in total. The highest BCUT2D eigenvalue weighted by atomic mass is 32.1. The first kappa shape index (κ1) is 29.9. The Morgan fingerprint density at radius 2 is 0.827 bits per heavy atom. The summed E-state index contributed by atoms with van der Waals surface area (Å²) in [5, 5.41) is 7.91. The zero-order valence-electron chi connectivity index (χ0n) is 27.9. The summed E-state index contributed by atoms with van der Waals surface area (Å²) in [5.74, 6) is 0. The fourth-order valence-electron chi connectivity index (χ4n) is 7.77. The van der Waals surface area contributed by atoms with Crippen molar-refractivity contribution in [1.29, 1.82) is 0 Å². The van der Waals surface area contributed by atoms with Crippen LogP contribution in [0.5, 0.6) is 0 Å². The van der Waals surface area contributed by atoms with Crippen molar-refractivity contribution in [1.82, 2.24) is 0 Å². The average molecular weight is 716 g/mol. The predicted molar refractivity (Wildman–Crippen MR) is 231 cm³/mol. The Labute approximate surface area is 312 Å². The van der Waals surface area contributed by atoms with Gasteiger partial charge in [0.05, 0.1) is 10.4 Å². The van der Waals surface area contributed by atoms with Crippen molar-refractivity contribution < 1.29 is 0 Å². The molecule has 0 saturated carbocycles. The lowest BCUT2D eigenvalue weighted by atomic mass is 10.0. The first-order valence-electron chi connectivity index (χ1n) is 17.5. The van der Waals surface area contributed by atoms with Crippen LogP contribution in [-0.4, -0.2) is 0 Å². The van der Waals surface area contributed by atoms with E-state index in [1.54, 1.807) is 0 Å². The van der Waals surface area contributed by atoms with E-state index in [1.165, 1.54) is 88.5 Å². The van der Waals surface area contributed by atoms with Gasteiger partial charge in [0.2, 0.25) is 0 Å². The molecule has 0 radical (unpaired) electrons. The van der Waals surface area contributed by atoms with E-state index < -0.39 is 0 Å². The van der Waals surface area contributed by atoms with Crippen molar-refractivity contribution in [2.45, 2.75) is 0 Å². The lowest BCUT2D eigenvalue weighted by Crippen LogP contribution is -2.10. The van der Waals surface area contributed by atoms with Crippen molar-refractivity contribution in [3.8, 4) is 22.3 Å². The Balaban J connectivity index is 1.06. The zero-order chi connectivity index (χ0) is 34.2. The molecule has 4 heteroatoms. The van der Waals surface area contributed by atoms with Crippen molar-refractivity contribution in [2.75, 3.05) is 4.90 Å². The highest BCUT2D eigenvalue weighted by Gasteiger charge is 2.19. The van der Waals surface area contributed by atoms with Crippen LogP contribution in [0.3, 0.4) is 0 Å². The SMILES string of the molecule is c1cc(-c2ccc3c(c2)sc2ccccc23)cc(N(c2ccc(-c3ccc4sc5ccccc5c4c3)cc2)c2cccc3c2sc2ccccc23)c1. The number of thiophene rings is 3. The topological polar surface area (TPSA) is 3.24 Å². The summed E-state index contributed by atoms with van der Waals surface area (Å²) in [6, 6.07) is 64.9. The molecule has 11 rings (SSSR count). The molecule has 0 amide bonds. The summed E-state index contributed by atoms with van der Waals surface area (Å²) in [6.07, 6.45) is 0. The maximum atomic E-state index is 2.44. The van der Waals surface area contributed by atoms with Gasteiger partial charge in [-0.25, -0.2) is 0 Å². The third kappa shape index (κ3) is 4.80. The molecule has 0 aliphatic heterocycles. The summed E-state index contributed by atoms with van der Waals surface area (Å²) in [4.78, 5) is 2.44. The lowest BCUT2D eigenvalue weighted by molar-refractivity contribution is 1.30. The van der Waals surface area contributed by atoms with E-state index in [1.807, 2.05) is 34.0 Å². The molecule has 52 heavy (non-hydrogen) atoms. The second-order valence-electron chi connectivity index (χ2n) is 13.3. The smallest absolute Gasteiger partial charge is 0.0640 e. The van der Waals surface area contributed by atoms with Gasteiger partial charge in [-0.2, -0.15) is 0 Å². The minimum Gasteiger partial charge on any atom is -0.309 e. The van der Waals surface area contributed by atoms with Crippen LogP contribution in [0.4, 0.5) is 17.1 Å². The van der Waals surface area contributed by atoms with Gasteiger partial charge in [0.1, 0.15) is 0 Å². The largest absolute Gasteiger partial charge is 0.309 e. The van der Waals surface area contributed by atoms with Crippen LogP contribution in [0.2, 0.25) is 0 Å². The molecule has 0 spiro atoms. The summed E-state index contributed by atoms with van der Waals surface area (Å²) in [6.45, 7) is 0. The maximum absolute atomic E-state index is 2.44. The number of anilines is 3. The number of nitrogens with zero attached hydrogens (tertiary/aromatic N) is 1. The first-order valence-corrected chi connectivity index (χ1v) is 19.9. The highest BCUT2D eigenvalue weighted by molar-refractivity contribution is 7.27. The minimum absolute atomic E-state index is 1.13. The first-order chi connectivity index (χ1) is 25.7. The molecule has 0 unspecified atom stereocenters. The minimum atomic E-state index is 1.13. The molecule has 0 aliphatic carbocycles. The Bertz CT molecular complexity index is 3140. The van der Waals surface area contributed by atoms with Gasteiger partial charge in [0.25, 0.3) is 0 Å². The molecule has 3 heterocycles. The van der Waals surface area contributed by atoms with Crippen LogP contribution < -0.4 is 4.90 Å². The molecule has 0 N–H and O–H groups in total. The quantitative estimate of drug-likeness (QED) is 0.171. The Morgan fingerprint density at radius 3 is 1.62 bits per heavy atom. The van der Waals surface area contributed by atoms with Gasteiger partial charge in [-0.3, -0.25) is 0 Å². The van der Waals surface area contributed by atoms with Crippen molar-refractivity contribution >= 4 is 112 Å². The van der Waals surface area contributed by atoms with Gasteiger partial charge < -0.3 is 4.90 Å². The molecule has 11 aromatic rings. The van der Waals surface area contributed by atoms with Crippen molar-refractivity contribution in [3.63, 3.8) is 0 Å². The van der Waals surface area contributed by atoms with Crippen LogP contribution in [0.15, 0.2) is 176 Å². The van der Waals surface area contributed by atoms with Gasteiger partial charge in [-0.05, 0) is 89.0 Å². The molecular weight excluding hydrogens is 687 g/mol. The fraction of sp³-hybridized carbons (Fsp3) is 0. The highest BCUT2D eigenvalue weighted by Crippen LogP contribution is 2.46. The molecule has 0 aliphatic rings. The molecule has 0 fully saturated rings. The number of fused-ring (bicyclic) bond motifs is 9. The summed E-state index contributed by atoms with van der Waals surface area (Å²) in [7, 11) is 0.